The molecule has 5 nitrogen and oxygen atoms in total. The van der Waals surface area contributed by atoms with Crippen LogP contribution in [0.2, 0.25) is 5.02 Å². The zero-order valence-corrected chi connectivity index (χ0v) is 17.4. The average Bonchev–Trinajstić information content (AvgIpc) is 3.15. The second-order valence-electron chi connectivity index (χ2n) is 7.99. The van der Waals surface area contributed by atoms with Gasteiger partial charge < -0.3 is 10.0 Å². The van der Waals surface area contributed by atoms with Crippen LogP contribution in [0.5, 0.6) is 0 Å². The average molecular weight is 412 g/mol. The topological polar surface area (TPSA) is 57.8 Å². The molecule has 3 aromatic rings. The molecule has 3 heterocycles. The van der Waals surface area contributed by atoms with Crippen LogP contribution < -0.4 is 0 Å². The van der Waals surface area contributed by atoms with E-state index in [0.29, 0.717) is 11.6 Å². The van der Waals surface area contributed by atoms with Gasteiger partial charge in [-0.05, 0) is 99.1 Å². The van der Waals surface area contributed by atoms with E-state index in [4.69, 9.17) is 11.6 Å². The number of hydrogen-bond donors (Lipinski definition) is 1. The van der Waals surface area contributed by atoms with Gasteiger partial charge in [-0.25, -0.2) is 9.78 Å². The Morgan fingerprint density at radius 1 is 1.21 bits per heavy atom. The van der Waals surface area contributed by atoms with Crippen LogP contribution in [-0.4, -0.2) is 45.0 Å². The Kier molecular flexibility index (Phi) is 5.88. The first-order valence-electron chi connectivity index (χ1n) is 10.2. The Labute approximate surface area is 175 Å². The molecule has 1 aliphatic rings. The van der Waals surface area contributed by atoms with Crippen LogP contribution in [0.15, 0.2) is 42.7 Å². The summed E-state index contributed by atoms with van der Waals surface area (Å²) in [6, 6.07) is 10.1. The molecule has 0 amide bonds. The molecule has 2 aromatic heterocycles. The second kappa shape index (κ2) is 8.56. The SMILES string of the molecule is Cc1cc(Cl)cc(C2CCN(CCCc3cc(C(=O)O)n4ccnc4c3)CC2)c1. The summed E-state index contributed by atoms with van der Waals surface area (Å²) in [4.78, 5) is 18.3. The molecule has 4 rings (SSSR count). The van der Waals surface area contributed by atoms with Gasteiger partial charge in [-0.2, -0.15) is 0 Å². The van der Waals surface area contributed by atoms with Gasteiger partial charge in [-0.15, -0.1) is 0 Å². The molecule has 0 aliphatic carbocycles. The number of benzene rings is 1. The first-order valence-corrected chi connectivity index (χ1v) is 10.6. The predicted octanol–water partition coefficient (Wildman–Crippen LogP) is 4.81. The number of rotatable bonds is 6. The number of carbonyl (C=O) groups is 1. The molecule has 0 unspecified atom stereocenters. The number of halogens is 1. The molecule has 1 aromatic carbocycles. The molecule has 0 atom stereocenters. The van der Waals surface area contributed by atoms with Crippen LogP contribution in [0.4, 0.5) is 0 Å². The summed E-state index contributed by atoms with van der Waals surface area (Å²) in [5.41, 5.74) is 4.59. The minimum atomic E-state index is -0.923. The molecule has 1 N–H and O–H groups in total. The summed E-state index contributed by atoms with van der Waals surface area (Å²) in [5.74, 6) is -0.335. The number of pyridine rings is 1. The molecule has 0 radical (unpaired) electrons. The Morgan fingerprint density at radius 3 is 2.72 bits per heavy atom. The van der Waals surface area contributed by atoms with Crippen molar-refractivity contribution in [2.75, 3.05) is 19.6 Å². The van der Waals surface area contributed by atoms with Crippen LogP contribution in [0.3, 0.4) is 0 Å². The van der Waals surface area contributed by atoms with Crippen LogP contribution >= 0.6 is 11.6 Å². The largest absolute Gasteiger partial charge is 0.477 e. The third-order valence-corrected chi connectivity index (χ3v) is 6.07. The van der Waals surface area contributed by atoms with E-state index in [0.717, 1.165) is 55.9 Å². The number of likely N-dealkylation sites (tertiary alicyclic amines) is 1. The van der Waals surface area contributed by atoms with Crippen molar-refractivity contribution in [1.82, 2.24) is 14.3 Å². The maximum atomic E-state index is 11.5. The van der Waals surface area contributed by atoms with Crippen molar-refractivity contribution < 1.29 is 9.90 Å². The molecular formula is C23H26ClN3O2. The molecule has 1 saturated heterocycles. The molecule has 29 heavy (non-hydrogen) atoms. The molecule has 0 bridgehead atoms. The molecule has 0 spiro atoms. The standard InChI is InChI=1S/C23H26ClN3O2/c1-16-11-19(15-20(24)12-16)18-4-8-26(9-5-18)7-2-3-17-13-21(23(28)29)27-10-6-25-22(27)14-17/h6,10-15,18H,2-5,7-9H2,1H3,(H,28,29). The maximum Gasteiger partial charge on any atom is 0.352 e. The first kappa shape index (κ1) is 19.9. The number of fused-ring (bicyclic) bond motifs is 1. The maximum absolute atomic E-state index is 11.5. The molecule has 152 valence electrons. The summed E-state index contributed by atoms with van der Waals surface area (Å²) >= 11 is 6.23. The van der Waals surface area contributed by atoms with Gasteiger partial charge in [-0.1, -0.05) is 17.7 Å². The number of aromatic nitrogens is 2. The highest BCUT2D eigenvalue weighted by Gasteiger charge is 2.21. The van der Waals surface area contributed by atoms with Crippen molar-refractivity contribution in [2.24, 2.45) is 0 Å². The fraction of sp³-hybridized carbons (Fsp3) is 0.391. The lowest BCUT2D eigenvalue weighted by atomic mass is 9.88. The summed E-state index contributed by atoms with van der Waals surface area (Å²) in [6.45, 7) is 5.32. The minimum Gasteiger partial charge on any atom is -0.477 e. The monoisotopic (exact) mass is 411 g/mol. The zero-order valence-electron chi connectivity index (χ0n) is 16.6. The van der Waals surface area contributed by atoms with Gasteiger partial charge in [0.25, 0.3) is 0 Å². The van der Waals surface area contributed by atoms with Crippen molar-refractivity contribution in [3.05, 3.63) is 70.1 Å². The van der Waals surface area contributed by atoms with E-state index >= 15 is 0 Å². The van der Waals surface area contributed by atoms with Crippen LogP contribution in [0, 0.1) is 6.92 Å². The van der Waals surface area contributed by atoms with Gasteiger partial charge in [0.1, 0.15) is 11.3 Å². The van der Waals surface area contributed by atoms with Gasteiger partial charge in [0, 0.05) is 17.4 Å². The zero-order chi connectivity index (χ0) is 20.4. The molecule has 1 fully saturated rings. The Hall–Kier alpha value is -2.37. The van der Waals surface area contributed by atoms with E-state index in [1.54, 1.807) is 22.9 Å². The van der Waals surface area contributed by atoms with Gasteiger partial charge in [0.05, 0.1) is 0 Å². The lowest BCUT2D eigenvalue weighted by Crippen LogP contribution is -2.33. The van der Waals surface area contributed by atoms with Crippen molar-refractivity contribution in [3.8, 4) is 0 Å². The first-order chi connectivity index (χ1) is 14.0. The third kappa shape index (κ3) is 4.62. The fourth-order valence-corrected chi connectivity index (χ4v) is 4.68. The predicted molar refractivity (Wildman–Crippen MR) is 115 cm³/mol. The highest BCUT2D eigenvalue weighted by atomic mass is 35.5. The van der Waals surface area contributed by atoms with Gasteiger partial charge in [0.15, 0.2) is 0 Å². The number of hydrogen-bond acceptors (Lipinski definition) is 3. The smallest absolute Gasteiger partial charge is 0.352 e. The van der Waals surface area contributed by atoms with Gasteiger partial charge >= 0.3 is 5.97 Å². The fourth-order valence-electron chi connectivity index (χ4n) is 4.38. The van der Waals surface area contributed by atoms with Crippen molar-refractivity contribution in [3.63, 3.8) is 0 Å². The molecule has 1 aliphatic heterocycles. The van der Waals surface area contributed by atoms with Crippen LogP contribution in [-0.2, 0) is 6.42 Å². The van der Waals surface area contributed by atoms with E-state index in [1.165, 1.54) is 11.1 Å². The second-order valence-corrected chi connectivity index (χ2v) is 8.43. The number of aromatic carboxylic acids is 1. The highest BCUT2D eigenvalue weighted by Crippen LogP contribution is 2.30. The summed E-state index contributed by atoms with van der Waals surface area (Å²) in [5, 5.41) is 10.3. The number of aryl methyl sites for hydroxylation is 2. The Balaban J connectivity index is 1.31. The van der Waals surface area contributed by atoms with E-state index in [-0.39, 0.29) is 5.69 Å². The number of carboxylic acid groups (broad SMARTS) is 1. The van der Waals surface area contributed by atoms with Crippen molar-refractivity contribution >= 4 is 23.2 Å². The normalized spacial score (nSPS) is 15.8. The number of nitrogens with zero attached hydrogens (tertiary/aromatic N) is 3. The minimum absolute atomic E-state index is 0.271. The van der Waals surface area contributed by atoms with Gasteiger partial charge in [0.2, 0.25) is 0 Å². The van der Waals surface area contributed by atoms with Crippen molar-refractivity contribution in [1.29, 1.82) is 0 Å². The number of carboxylic acids is 1. The summed E-state index contributed by atoms with van der Waals surface area (Å²) < 4.78 is 1.62. The van der Waals surface area contributed by atoms with Crippen molar-refractivity contribution in [2.45, 2.75) is 38.5 Å². The Morgan fingerprint density at radius 2 is 2.00 bits per heavy atom. The number of imidazole rings is 1. The Bertz CT molecular complexity index is 1000. The van der Waals surface area contributed by atoms with Crippen LogP contribution in [0.1, 0.15) is 52.4 Å². The highest BCUT2D eigenvalue weighted by molar-refractivity contribution is 6.30. The summed E-state index contributed by atoms with van der Waals surface area (Å²) in [6.07, 6.45) is 7.51. The van der Waals surface area contributed by atoms with E-state index in [2.05, 4.69) is 28.9 Å². The van der Waals surface area contributed by atoms with E-state index in [1.807, 2.05) is 12.1 Å². The quantitative estimate of drug-likeness (QED) is 0.632. The molecular weight excluding hydrogens is 386 g/mol. The number of piperidine rings is 1. The third-order valence-electron chi connectivity index (χ3n) is 5.85. The molecule has 0 saturated carbocycles. The van der Waals surface area contributed by atoms with E-state index < -0.39 is 5.97 Å². The van der Waals surface area contributed by atoms with Gasteiger partial charge in [-0.3, -0.25) is 4.40 Å². The lowest BCUT2D eigenvalue weighted by molar-refractivity contribution is 0.0688. The van der Waals surface area contributed by atoms with Crippen LogP contribution in [0.25, 0.3) is 5.65 Å². The summed E-state index contributed by atoms with van der Waals surface area (Å²) in [7, 11) is 0. The van der Waals surface area contributed by atoms with E-state index in [9.17, 15) is 9.90 Å². The lowest BCUT2D eigenvalue weighted by Gasteiger charge is -2.32. The molecule has 6 heteroatoms.